The molecular weight excluding hydrogens is 268 g/mol. The molecule has 0 aliphatic carbocycles. The molecule has 1 N–H and O–H groups in total. The molecule has 22 heavy (non-hydrogen) atoms. The van der Waals surface area contributed by atoms with Gasteiger partial charge in [0.25, 0.3) is 0 Å². The molecule has 0 unspecified atom stereocenters. The van der Waals surface area contributed by atoms with Crippen LogP contribution in [0.4, 0.5) is 0 Å². The molecule has 0 aliphatic rings. The number of aromatic hydroxyl groups is 1. The van der Waals surface area contributed by atoms with Crippen LogP contribution >= 0.6 is 0 Å². The van der Waals surface area contributed by atoms with Gasteiger partial charge in [0.1, 0.15) is 5.75 Å². The van der Waals surface area contributed by atoms with Crippen molar-refractivity contribution in [2.75, 3.05) is 0 Å². The van der Waals surface area contributed by atoms with Gasteiger partial charge in [0, 0.05) is 6.42 Å². The fourth-order valence-corrected chi connectivity index (χ4v) is 3.15. The number of phenols is 1. The Hall–Kier alpha value is -2.80. The van der Waals surface area contributed by atoms with Gasteiger partial charge in [-0.1, -0.05) is 66.7 Å². The van der Waals surface area contributed by atoms with Gasteiger partial charge in [-0.25, -0.2) is 0 Å². The van der Waals surface area contributed by atoms with Gasteiger partial charge in [-0.15, -0.1) is 0 Å². The van der Waals surface area contributed by atoms with E-state index >= 15 is 0 Å². The lowest BCUT2D eigenvalue weighted by Gasteiger charge is -2.12. The van der Waals surface area contributed by atoms with Crippen LogP contribution in [0.2, 0.25) is 0 Å². The SMILES string of the molecule is Oc1ccccc1Cc1c2ccccc2cc2ccccc12. The topological polar surface area (TPSA) is 20.2 Å². The predicted molar refractivity (Wildman–Crippen MR) is 92.4 cm³/mol. The first kappa shape index (κ1) is 12.9. The van der Waals surface area contributed by atoms with Crippen molar-refractivity contribution in [1.82, 2.24) is 0 Å². The van der Waals surface area contributed by atoms with Crippen molar-refractivity contribution in [1.29, 1.82) is 0 Å². The highest BCUT2D eigenvalue weighted by Gasteiger charge is 2.09. The molecule has 0 amide bonds. The van der Waals surface area contributed by atoms with Crippen LogP contribution in [0.1, 0.15) is 11.1 Å². The third kappa shape index (κ3) is 2.11. The van der Waals surface area contributed by atoms with E-state index < -0.39 is 0 Å². The molecule has 0 bridgehead atoms. The summed E-state index contributed by atoms with van der Waals surface area (Å²) < 4.78 is 0. The fraction of sp³-hybridized carbons (Fsp3) is 0.0476. The Labute approximate surface area is 129 Å². The molecule has 0 spiro atoms. The Kier molecular flexibility index (Phi) is 3.05. The summed E-state index contributed by atoms with van der Waals surface area (Å²) in [6, 6.07) is 26.7. The number of hydrogen-bond donors (Lipinski definition) is 1. The summed E-state index contributed by atoms with van der Waals surface area (Å²) in [7, 11) is 0. The first-order valence-corrected chi connectivity index (χ1v) is 7.49. The van der Waals surface area contributed by atoms with Crippen molar-refractivity contribution in [2.24, 2.45) is 0 Å². The maximum atomic E-state index is 10.1. The minimum absolute atomic E-state index is 0.361. The lowest BCUT2D eigenvalue weighted by atomic mass is 9.92. The van der Waals surface area contributed by atoms with Gasteiger partial charge in [-0.3, -0.25) is 0 Å². The second-order valence-corrected chi connectivity index (χ2v) is 5.60. The Morgan fingerprint density at radius 2 is 1.18 bits per heavy atom. The molecule has 0 saturated heterocycles. The highest BCUT2D eigenvalue weighted by atomic mass is 16.3. The van der Waals surface area contributed by atoms with Gasteiger partial charge in [-0.05, 0) is 44.8 Å². The van der Waals surface area contributed by atoms with Crippen molar-refractivity contribution in [3.63, 3.8) is 0 Å². The first-order valence-electron chi connectivity index (χ1n) is 7.49. The molecule has 0 fully saturated rings. The molecule has 4 aromatic carbocycles. The van der Waals surface area contributed by atoms with E-state index in [4.69, 9.17) is 0 Å². The summed E-state index contributed by atoms with van der Waals surface area (Å²) in [6.45, 7) is 0. The molecule has 4 aromatic rings. The van der Waals surface area contributed by atoms with Crippen LogP contribution < -0.4 is 0 Å². The standard InChI is InChI=1S/C21H16O/c22-21-12-6-3-9-17(21)14-20-18-10-4-1-7-15(18)13-16-8-2-5-11-19(16)20/h1-13,22H,14H2. The van der Waals surface area contributed by atoms with E-state index in [0.717, 1.165) is 12.0 Å². The first-order chi connectivity index (χ1) is 10.8. The summed E-state index contributed by atoms with van der Waals surface area (Å²) in [5.74, 6) is 0.361. The van der Waals surface area contributed by atoms with E-state index in [1.165, 1.54) is 27.1 Å². The third-order valence-electron chi connectivity index (χ3n) is 4.24. The zero-order valence-electron chi connectivity index (χ0n) is 12.2. The lowest BCUT2D eigenvalue weighted by molar-refractivity contribution is 0.469. The van der Waals surface area contributed by atoms with E-state index in [0.29, 0.717) is 5.75 Å². The van der Waals surface area contributed by atoms with Crippen molar-refractivity contribution in [2.45, 2.75) is 6.42 Å². The summed E-state index contributed by atoms with van der Waals surface area (Å²) in [6.07, 6.45) is 0.731. The van der Waals surface area contributed by atoms with E-state index in [-0.39, 0.29) is 0 Å². The molecule has 4 rings (SSSR count). The summed E-state index contributed by atoms with van der Waals surface area (Å²) in [5, 5.41) is 15.1. The van der Waals surface area contributed by atoms with E-state index in [2.05, 4.69) is 54.6 Å². The third-order valence-corrected chi connectivity index (χ3v) is 4.24. The molecule has 0 aromatic heterocycles. The van der Waals surface area contributed by atoms with Gasteiger partial charge in [0.05, 0.1) is 0 Å². The van der Waals surface area contributed by atoms with Crippen LogP contribution in [0.25, 0.3) is 21.5 Å². The average Bonchev–Trinajstić information content (AvgIpc) is 2.56. The Morgan fingerprint density at radius 3 is 1.82 bits per heavy atom. The molecule has 106 valence electrons. The Bertz CT molecular complexity index is 916. The van der Waals surface area contributed by atoms with Gasteiger partial charge in [0.15, 0.2) is 0 Å². The minimum atomic E-state index is 0.361. The summed E-state index contributed by atoms with van der Waals surface area (Å²) in [5.41, 5.74) is 2.24. The fourth-order valence-electron chi connectivity index (χ4n) is 3.15. The second-order valence-electron chi connectivity index (χ2n) is 5.60. The summed E-state index contributed by atoms with van der Waals surface area (Å²) >= 11 is 0. The zero-order valence-corrected chi connectivity index (χ0v) is 12.2. The maximum absolute atomic E-state index is 10.1. The number of hydrogen-bond acceptors (Lipinski definition) is 1. The number of rotatable bonds is 2. The van der Waals surface area contributed by atoms with Crippen molar-refractivity contribution >= 4 is 21.5 Å². The van der Waals surface area contributed by atoms with Crippen LogP contribution in [-0.2, 0) is 6.42 Å². The Morgan fingerprint density at radius 1 is 0.636 bits per heavy atom. The van der Waals surface area contributed by atoms with Crippen LogP contribution in [0.15, 0.2) is 78.9 Å². The molecule has 0 atom stereocenters. The van der Waals surface area contributed by atoms with Gasteiger partial charge in [-0.2, -0.15) is 0 Å². The van der Waals surface area contributed by atoms with Crippen LogP contribution in [0, 0.1) is 0 Å². The molecule has 0 aliphatic heterocycles. The number of phenolic OH excluding ortho intramolecular Hbond substituents is 1. The van der Waals surface area contributed by atoms with Crippen LogP contribution in [0.3, 0.4) is 0 Å². The summed E-state index contributed by atoms with van der Waals surface area (Å²) in [4.78, 5) is 0. The molecule has 0 heterocycles. The highest BCUT2D eigenvalue weighted by molar-refractivity contribution is 6.02. The van der Waals surface area contributed by atoms with Crippen molar-refractivity contribution < 1.29 is 5.11 Å². The largest absolute Gasteiger partial charge is 0.508 e. The molecule has 0 radical (unpaired) electrons. The number of benzene rings is 4. The van der Waals surface area contributed by atoms with E-state index in [1.807, 2.05) is 18.2 Å². The maximum Gasteiger partial charge on any atom is 0.119 e. The predicted octanol–water partition coefficient (Wildman–Crippen LogP) is 5.29. The molecule has 1 nitrogen and oxygen atoms in total. The molecule has 1 heteroatoms. The monoisotopic (exact) mass is 284 g/mol. The van der Waals surface area contributed by atoms with Gasteiger partial charge < -0.3 is 5.11 Å². The van der Waals surface area contributed by atoms with Gasteiger partial charge >= 0.3 is 0 Å². The van der Waals surface area contributed by atoms with Crippen molar-refractivity contribution in [3.05, 3.63) is 90.0 Å². The minimum Gasteiger partial charge on any atom is -0.508 e. The highest BCUT2D eigenvalue weighted by Crippen LogP contribution is 2.31. The Balaban J connectivity index is 2.02. The van der Waals surface area contributed by atoms with E-state index in [9.17, 15) is 5.11 Å². The lowest BCUT2D eigenvalue weighted by Crippen LogP contribution is -1.93. The van der Waals surface area contributed by atoms with E-state index in [1.54, 1.807) is 6.07 Å². The van der Waals surface area contributed by atoms with Gasteiger partial charge in [0.2, 0.25) is 0 Å². The zero-order chi connectivity index (χ0) is 14.9. The van der Waals surface area contributed by atoms with Crippen LogP contribution in [-0.4, -0.2) is 5.11 Å². The number of para-hydroxylation sites is 1. The average molecular weight is 284 g/mol. The van der Waals surface area contributed by atoms with Crippen molar-refractivity contribution in [3.8, 4) is 5.75 Å². The number of fused-ring (bicyclic) bond motifs is 2. The van der Waals surface area contributed by atoms with Crippen LogP contribution in [0.5, 0.6) is 5.75 Å². The molecule has 0 saturated carbocycles. The normalized spacial score (nSPS) is 11.1. The second kappa shape index (κ2) is 5.19. The smallest absolute Gasteiger partial charge is 0.119 e. The quantitative estimate of drug-likeness (QED) is 0.496. The molecular formula is C21H16O.